The molecule has 2 N–H and O–H groups in total. The molecule has 0 radical (unpaired) electrons. The zero-order chi connectivity index (χ0) is 17.1. The molecule has 0 bridgehead atoms. The molecule has 1 aromatic rings. The summed E-state index contributed by atoms with van der Waals surface area (Å²) in [6.07, 6.45) is 3.60. The second-order valence-electron chi connectivity index (χ2n) is 4.62. The summed E-state index contributed by atoms with van der Waals surface area (Å²) in [6, 6.07) is 5.85. The highest BCUT2D eigenvalue weighted by Crippen LogP contribution is 2.16. The van der Waals surface area contributed by atoms with Crippen LogP contribution in [0, 0.1) is 0 Å². The number of phenols is 1. The lowest BCUT2D eigenvalue weighted by atomic mass is 10.2. The lowest BCUT2D eigenvalue weighted by Crippen LogP contribution is -2.08. The molecule has 0 spiro atoms. The van der Waals surface area contributed by atoms with Gasteiger partial charge in [0.15, 0.2) is 0 Å². The third-order valence-electron chi connectivity index (χ3n) is 2.70. The summed E-state index contributed by atoms with van der Waals surface area (Å²) in [7, 11) is 0. The van der Waals surface area contributed by atoms with Crippen LogP contribution in [0.2, 0.25) is 0 Å². The molecule has 0 aliphatic rings. The van der Waals surface area contributed by atoms with E-state index in [1.165, 1.54) is 24.3 Å². The Morgan fingerprint density at radius 2 is 1.70 bits per heavy atom. The standard InChI is InChI=1S/C16H18O7/c17-12-5-7-13(8-6-12)23-16(21)4-2-1-3-11-22-15(20)10-9-14(18)19/h5-10,17H,1-4,11H2,(H,18,19)/b10-9+. The molecule has 1 aromatic carbocycles. The minimum absolute atomic E-state index is 0.0949. The Hall–Kier alpha value is -2.83. The van der Waals surface area contributed by atoms with Crippen molar-refractivity contribution in [3.8, 4) is 11.5 Å². The predicted octanol–water partition coefficient (Wildman–Crippen LogP) is 2.04. The van der Waals surface area contributed by atoms with Crippen LogP contribution in [0.5, 0.6) is 11.5 Å². The number of phenolic OH excluding ortho intramolecular Hbond substituents is 1. The van der Waals surface area contributed by atoms with E-state index in [4.69, 9.17) is 19.7 Å². The Bertz CT molecular complexity index is 560. The first-order valence-corrected chi connectivity index (χ1v) is 7.05. The van der Waals surface area contributed by atoms with E-state index >= 15 is 0 Å². The molecule has 0 atom stereocenters. The number of esters is 2. The van der Waals surface area contributed by atoms with Gasteiger partial charge in [-0.1, -0.05) is 0 Å². The van der Waals surface area contributed by atoms with E-state index in [0.29, 0.717) is 31.1 Å². The van der Waals surface area contributed by atoms with Crippen molar-refractivity contribution < 1.29 is 34.1 Å². The molecule has 0 saturated heterocycles. The smallest absolute Gasteiger partial charge is 0.331 e. The third-order valence-corrected chi connectivity index (χ3v) is 2.70. The van der Waals surface area contributed by atoms with E-state index in [0.717, 1.165) is 6.08 Å². The van der Waals surface area contributed by atoms with Gasteiger partial charge in [-0.05, 0) is 43.5 Å². The fourth-order valence-corrected chi connectivity index (χ4v) is 1.61. The van der Waals surface area contributed by atoms with Crippen molar-refractivity contribution in [2.75, 3.05) is 6.61 Å². The number of hydrogen-bond acceptors (Lipinski definition) is 6. The van der Waals surface area contributed by atoms with Crippen molar-refractivity contribution in [3.63, 3.8) is 0 Å². The molecule has 0 saturated carbocycles. The summed E-state index contributed by atoms with van der Waals surface area (Å²) < 4.78 is 9.85. The number of carbonyl (C=O) groups excluding carboxylic acids is 2. The molecular formula is C16H18O7. The number of carboxylic acids is 1. The number of rotatable bonds is 9. The minimum atomic E-state index is -1.21. The van der Waals surface area contributed by atoms with Crippen molar-refractivity contribution in [2.45, 2.75) is 25.7 Å². The van der Waals surface area contributed by atoms with Gasteiger partial charge < -0.3 is 19.7 Å². The molecular weight excluding hydrogens is 304 g/mol. The Kier molecular flexibility index (Phi) is 7.91. The van der Waals surface area contributed by atoms with Gasteiger partial charge in [-0.15, -0.1) is 0 Å². The maximum atomic E-state index is 11.6. The number of carboxylic acid groups (broad SMARTS) is 1. The van der Waals surface area contributed by atoms with E-state index in [-0.39, 0.29) is 24.7 Å². The summed E-state index contributed by atoms with van der Waals surface area (Å²) in [5.41, 5.74) is 0. The Morgan fingerprint density at radius 1 is 1.00 bits per heavy atom. The molecule has 7 heteroatoms. The summed E-state index contributed by atoms with van der Waals surface area (Å²) in [6.45, 7) is 0.163. The van der Waals surface area contributed by atoms with Gasteiger partial charge in [0.05, 0.1) is 6.61 Å². The molecule has 0 fully saturated rings. The van der Waals surface area contributed by atoms with Crippen LogP contribution >= 0.6 is 0 Å². The monoisotopic (exact) mass is 322 g/mol. The third kappa shape index (κ3) is 8.92. The van der Waals surface area contributed by atoms with Crippen molar-refractivity contribution >= 4 is 17.9 Å². The number of benzene rings is 1. The van der Waals surface area contributed by atoms with Crippen LogP contribution in [-0.4, -0.2) is 34.7 Å². The Labute approximate surface area is 133 Å². The Morgan fingerprint density at radius 3 is 2.35 bits per heavy atom. The zero-order valence-electron chi connectivity index (χ0n) is 12.4. The van der Waals surface area contributed by atoms with Gasteiger partial charge in [0.1, 0.15) is 11.5 Å². The largest absolute Gasteiger partial charge is 0.508 e. The lowest BCUT2D eigenvalue weighted by molar-refractivity contribution is -0.139. The normalized spacial score (nSPS) is 10.4. The van der Waals surface area contributed by atoms with E-state index in [1.54, 1.807) is 0 Å². The number of hydrogen-bond donors (Lipinski definition) is 2. The van der Waals surface area contributed by atoms with Gasteiger partial charge in [0.2, 0.25) is 0 Å². The van der Waals surface area contributed by atoms with Crippen LogP contribution in [0.25, 0.3) is 0 Å². The van der Waals surface area contributed by atoms with Gasteiger partial charge in [0, 0.05) is 18.6 Å². The van der Waals surface area contributed by atoms with Gasteiger partial charge in [0.25, 0.3) is 0 Å². The van der Waals surface area contributed by atoms with Crippen molar-refractivity contribution in [1.82, 2.24) is 0 Å². The first-order valence-electron chi connectivity index (χ1n) is 7.05. The van der Waals surface area contributed by atoms with Crippen molar-refractivity contribution in [3.05, 3.63) is 36.4 Å². The zero-order valence-corrected chi connectivity index (χ0v) is 12.4. The second kappa shape index (κ2) is 9.99. The summed E-state index contributed by atoms with van der Waals surface area (Å²) >= 11 is 0. The maximum absolute atomic E-state index is 11.6. The van der Waals surface area contributed by atoms with Gasteiger partial charge in [-0.25, -0.2) is 9.59 Å². The molecule has 0 aromatic heterocycles. The van der Waals surface area contributed by atoms with Gasteiger partial charge >= 0.3 is 17.9 Å². The summed E-state index contributed by atoms with van der Waals surface area (Å²) in [5.74, 6) is -1.84. The van der Waals surface area contributed by atoms with E-state index in [9.17, 15) is 14.4 Å². The Balaban J connectivity index is 2.08. The lowest BCUT2D eigenvalue weighted by Gasteiger charge is -2.04. The molecule has 1 rings (SSSR count). The van der Waals surface area contributed by atoms with E-state index < -0.39 is 11.9 Å². The van der Waals surface area contributed by atoms with Crippen molar-refractivity contribution in [1.29, 1.82) is 0 Å². The molecule has 23 heavy (non-hydrogen) atoms. The number of carbonyl (C=O) groups is 3. The van der Waals surface area contributed by atoms with E-state index in [1.807, 2.05) is 0 Å². The van der Waals surface area contributed by atoms with Crippen LogP contribution in [0.15, 0.2) is 36.4 Å². The molecule has 0 aliphatic heterocycles. The first-order chi connectivity index (χ1) is 11.0. The van der Waals surface area contributed by atoms with Gasteiger partial charge in [-0.3, -0.25) is 4.79 Å². The first kappa shape index (κ1) is 18.2. The molecule has 7 nitrogen and oxygen atoms in total. The van der Waals surface area contributed by atoms with Crippen LogP contribution in [0.1, 0.15) is 25.7 Å². The molecule has 0 aliphatic carbocycles. The molecule has 124 valence electrons. The maximum Gasteiger partial charge on any atom is 0.331 e. The highest BCUT2D eigenvalue weighted by atomic mass is 16.5. The minimum Gasteiger partial charge on any atom is -0.508 e. The van der Waals surface area contributed by atoms with E-state index in [2.05, 4.69) is 0 Å². The highest BCUT2D eigenvalue weighted by Gasteiger charge is 2.05. The fourth-order valence-electron chi connectivity index (χ4n) is 1.61. The summed E-state index contributed by atoms with van der Waals surface area (Å²) in [4.78, 5) is 32.8. The number of aromatic hydroxyl groups is 1. The quantitative estimate of drug-likeness (QED) is 0.310. The van der Waals surface area contributed by atoms with Crippen LogP contribution in [0.4, 0.5) is 0 Å². The number of aliphatic carboxylic acids is 1. The molecule has 0 amide bonds. The number of unbranched alkanes of at least 4 members (excludes halogenated alkanes) is 2. The van der Waals surface area contributed by atoms with Crippen LogP contribution in [0.3, 0.4) is 0 Å². The van der Waals surface area contributed by atoms with Crippen LogP contribution in [-0.2, 0) is 19.1 Å². The highest BCUT2D eigenvalue weighted by molar-refractivity contribution is 5.90. The molecule has 0 heterocycles. The van der Waals surface area contributed by atoms with Crippen LogP contribution < -0.4 is 4.74 Å². The SMILES string of the molecule is O=C(O)/C=C/C(=O)OCCCCCC(=O)Oc1ccc(O)cc1. The average Bonchev–Trinajstić information content (AvgIpc) is 2.51. The second-order valence-corrected chi connectivity index (χ2v) is 4.62. The fraction of sp³-hybridized carbons (Fsp3) is 0.312. The van der Waals surface area contributed by atoms with Gasteiger partial charge in [-0.2, -0.15) is 0 Å². The predicted molar refractivity (Wildman–Crippen MR) is 79.9 cm³/mol. The molecule has 0 unspecified atom stereocenters. The topological polar surface area (TPSA) is 110 Å². The average molecular weight is 322 g/mol. The number of ether oxygens (including phenoxy) is 2. The van der Waals surface area contributed by atoms with Crippen molar-refractivity contribution in [2.24, 2.45) is 0 Å². The summed E-state index contributed by atoms with van der Waals surface area (Å²) in [5, 5.41) is 17.4.